The monoisotopic (exact) mass is 498 g/mol. The summed E-state index contributed by atoms with van der Waals surface area (Å²) in [4.78, 5) is 15.8. The van der Waals surface area contributed by atoms with Crippen LogP contribution in [0.1, 0.15) is 21.5 Å². The highest BCUT2D eigenvalue weighted by molar-refractivity contribution is 14.0. The molecule has 152 valence electrons. The van der Waals surface area contributed by atoms with Crippen LogP contribution < -0.4 is 25.4 Å². The highest BCUT2D eigenvalue weighted by Gasteiger charge is 2.07. The Hall–Kier alpha value is -2.49. The van der Waals surface area contributed by atoms with Gasteiger partial charge in [0.15, 0.2) is 5.96 Å². The van der Waals surface area contributed by atoms with E-state index < -0.39 is 0 Å². The Morgan fingerprint density at radius 3 is 2.25 bits per heavy atom. The van der Waals surface area contributed by atoms with Gasteiger partial charge in [0.05, 0.1) is 14.2 Å². The molecule has 0 aliphatic heterocycles. The Balaban J connectivity index is 0.00000392. The van der Waals surface area contributed by atoms with Crippen LogP contribution in [0, 0.1) is 0 Å². The van der Waals surface area contributed by atoms with E-state index in [1.165, 1.54) is 0 Å². The molecule has 0 aliphatic rings. The summed E-state index contributed by atoms with van der Waals surface area (Å²) in [5.74, 6) is 2.07. The first-order valence-electron chi connectivity index (χ1n) is 8.57. The van der Waals surface area contributed by atoms with Crippen molar-refractivity contribution in [2.75, 3.05) is 28.3 Å². The number of carbonyl (C=O) groups excluding carboxylic acids is 1. The van der Waals surface area contributed by atoms with E-state index in [-0.39, 0.29) is 29.9 Å². The van der Waals surface area contributed by atoms with Gasteiger partial charge in [-0.25, -0.2) is 0 Å². The second-order valence-corrected chi connectivity index (χ2v) is 5.73. The zero-order valence-electron chi connectivity index (χ0n) is 16.5. The highest BCUT2D eigenvalue weighted by atomic mass is 127. The van der Waals surface area contributed by atoms with Crippen molar-refractivity contribution in [2.45, 2.75) is 13.1 Å². The van der Waals surface area contributed by atoms with Gasteiger partial charge in [0.1, 0.15) is 11.5 Å². The minimum atomic E-state index is -0.0968. The number of hydrogen-bond acceptors (Lipinski definition) is 4. The summed E-state index contributed by atoms with van der Waals surface area (Å²) in [6, 6.07) is 13.1. The van der Waals surface area contributed by atoms with Crippen molar-refractivity contribution in [1.82, 2.24) is 16.0 Å². The minimum Gasteiger partial charge on any atom is -0.497 e. The first kappa shape index (κ1) is 23.5. The number of amides is 1. The average Bonchev–Trinajstić information content (AvgIpc) is 2.73. The molecule has 0 aliphatic carbocycles. The van der Waals surface area contributed by atoms with Gasteiger partial charge in [0, 0.05) is 44.4 Å². The molecule has 0 aromatic heterocycles. The lowest BCUT2D eigenvalue weighted by Crippen LogP contribution is -2.36. The van der Waals surface area contributed by atoms with Crippen LogP contribution in [0.25, 0.3) is 0 Å². The molecule has 0 atom stereocenters. The van der Waals surface area contributed by atoms with E-state index in [4.69, 9.17) is 9.47 Å². The van der Waals surface area contributed by atoms with Crippen LogP contribution in [0.3, 0.4) is 0 Å². The van der Waals surface area contributed by atoms with Crippen molar-refractivity contribution in [3.05, 3.63) is 59.2 Å². The van der Waals surface area contributed by atoms with Gasteiger partial charge in [-0.3, -0.25) is 9.79 Å². The van der Waals surface area contributed by atoms with E-state index in [1.54, 1.807) is 40.4 Å². The molecule has 0 saturated heterocycles. The number of hydrogen-bond donors (Lipinski definition) is 3. The first-order chi connectivity index (χ1) is 13.1. The number of ether oxygens (including phenoxy) is 2. The molecule has 0 spiro atoms. The summed E-state index contributed by atoms with van der Waals surface area (Å²) in [5, 5.41) is 9.12. The van der Waals surface area contributed by atoms with E-state index in [2.05, 4.69) is 20.9 Å². The van der Waals surface area contributed by atoms with Crippen molar-refractivity contribution in [1.29, 1.82) is 0 Å². The molecule has 0 radical (unpaired) electrons. The lowest BCUT2D eigenvalue weighted by Gasteiger charge is -2.14. The fraction of sp³-hybridized carbons (Fsp3) is 0.300. The summed E-state index contributed by atoms with van der Waals surface area (Å²) in [6.07, 6.45) is 0. The van der Waals surface area contributed by atoms with Gasteiger partial charge in [-0.15, -0.1) is 24.0 Å². The highest BCUT2D eigenvalue weighted by Crippen LogP contribution is 2.24. The molecule has 1 amide bonds. The number of halogens is 1. The number of aliphatic imine (C=N–C) groups is 1. The van der Waals surface area contributed by atoms with Gasteiger partial charge < -0.3 is 25.4 Å². The van der Waals surface area contributed by atoms with E-state index in [9.17, 15) is 4.79 Å². The van der Waals surface area contributed by atoms with Crippen LogP contribution in [0.5, 0.6) is 11.5 Å². The molecular formula is C20H27IN4O3. The molecule has 2 aromatic carbocycles. The quantitative estimate of drug-likeness (QED) is 0.311. The molecule has 0 heterocycles. The lowest BCUT2D eigenvalue weighted by molar-refractivity contribution is 0.0963. The molecular weight excluding hydrogens is 471 g/mol. The van der Waals surface area contributed by atoms with Gasteiger partial charge in [0.25, 0.3) is 5.91 Å². The minimum absolute atomic E-state index is 0. The molecule has 2 rings (SSSR count). The van der Waals surface area contributed by atoms with Crippen LogP contribution in [0.4, 0.5) is 0 Å². The SMILES string of the molecule is CN=C(NCc1ccc(C(=O)NC)cc1)NCc1ccc(OC)cc1OC.I. The molecule has 0 fully saturated rings. The predicted molar refractivity (Wildman–Crippen MR) is 122 cm³/mol. The Morgan fingerprint density at radius 1 is 1.00 bits per heavy atom. The maximum absolute atomic E-state index is 11.6. The zero-order valence-corrected chi connectivity index (χ0v) is 18.9. The topological polar surface area (TPSA) is 84.0 Å². The fourth-order valence-corrected chi connectivity index (χ4v) is 2.50. The summed E-state index contributed by atoms with van der Waals surface area (Å²) in [7, 11) is 6.59. The van der Waals surface area contributed by atoms with Gasteiger partial charge in [-0.1, -0.05) is 12.1 Å². The van der Waals surface area contributed by atoms with E-state index in [1.807, 2.05) is 30.3 Å². The zero-order chi connectivity index (χ0) is 19.6. The first-order valence-corrected chi connectivity index (χ1v) is 8.57. The van der Waals surface area contributed by atoms with Crippen LogP contribution in [0.2, 0.25) is 0 Å². The molecule has 7 nitrogen and oxygen atoms in total. The van der Waals surface area contributed by atoms with Gasteiger partial charge in [0.2, 0.25) is 0 Å². The van der Waals surface area contributed by atoms with Crippen LogP contribution >= 0.6 is 24.0 Å². The molecule has 3 N–H and O–H groups in total. The van der Waals surface area contributed by atoms with E-state index in [0.29, 0.717) is 24.6 Å². The van der Waals surface area contributed by atoms with E-state index >= 15 is 0 Å². The predicted octanol–water partition coefficient (Wildman–Crippen LogP) is 2.55. The molecule has 0 saturated carbocycles. The number of rotatable bonds is 7. The van der Waals surface area contributed by atoms with Crippen LogP contribution in [-0.2, 0) is 13.1 Å². The third-order valence-electron chi connectivity index (χ3n) is 4.07. The van der Waals surface area contributed by atoms with Gasteiger partial charge in [-0.05, 0) is 29.8 Å². The third kappa shape index (κ3) is 6.59. The number of nitrogens with zero attached hydrogens (tertiary/aromatic N) is 1. The maximum atomic E-state index is 11.6. The van der Waals surface area contributed by atoms with Crippen LogP contribution in [-0.4, -0.2) is 40.2 Å². The average molecular weight is 498 g/mol. The lowest BCUT2D eigenvalue weighted by atomic mass is 10.1. The third-order valence-corrected chi connectivity index (χ3v) is 4.07. The van der Waals surface area contributed by atoms with E-state index in [0.717, 1.165) is 22.6 Å². The fourth-order valence-electron chi connectivity index (χ4n) is 2.50. The number of nitrogens with one attached hydrogen (secondary N) is 3. The standard InChI is InChI=1S/C20H26N4O3.HI/c1-21-19(25)15-7-5-14(6-8-15)12-23-20(22-2)24-13-16-9-10-17(26-3)11-18(16)27-4;/h5-11H,12-13H2,1-4H3,(H,21,25)(H2,22,23,24);1H. The van der Waals surface area contributed by atoms with Gasteiger partial charge in [-0.2, -0.15) is 0 Å². The largest absolute Gasteiger partial charge is 0.497 e. The second-order valence-electron chi connectivity index (χ2n) is 5.73. The summed E-state index contributed by atoms with van der Waals surface area (Å²) < 4.78 is 10.6. The Morgan fingerprint density at radius 2 is 1.68 bits per heavy atom. The van der Waals surface area contributed by atoms with Crippen molar-refractivity contribution in [3.8, 4) is 11.5 Å². The molecule has 8 heteroatoms. The summed E-state index contributed by atoms with van der Waals surface area (Å²) >= 11 is 0. The van der Waals surface area contributed by atoms with Crippen molar-refractivity contribution in [3.63, 3.8) is 0 Å². The Labute approximate surface area is 182 Å². The van der Waals surface area contributed by atoms with Crippen molar-refractivity contribution >= 4 is 35.8 Å². The smallest absolute Gasteiger partial charge is 0.251 e. The molecule has 2 aromatic rings. The molecule has 0 bridgehead atoms. The molecule has 0 unspecified atom stereocenters. The van der Waals surface area contributed by atoms with Crippen molar-refractivity contribution < 1.29 is 14.3 Å². The number of guanidine groups is 1. The van der Waals surface area contributed by atoms with Crippen molar-refractivity contribution in [2.24, 2.45) is 4.99 Å². The summed E-state index contributed by atoms with van der Waals surface area (Å²) in [6.45, 7) is 1.15. The number of carbonyl (C=O) groups is 1. The second kappa shape index (κ2) is 12.1. The number of benzene rings is 2. The maximum Gasteiger partial charge on any atom is 0.251 e. The Bertz CT molecular complexity index is 795. The normalized spacial score (nSPS) is 10.5. The summed E-state index contributed by atoms with van der Waals surface area (Å²) in [5.41, 5.74) is 2.68. The molecule has 28 heavy (non-hydrogen) atoms. The van der Waals surface area contributed by atoms with Gasteiger partial charge >= 0.3 is 0 Å². The Kier molecular flexibility index (Phi) is 10.1. The number of methoxy groups -OCH3 is 2. The van der Waals surface area contributed by atoms with Crippen LogP contribution in [0.15, 0.2) is 47.5 Å².